The van der Waals surface area contributed by atoms with Gasteiger partial charge in [-0.2, -0.15) is 0 Å². The van der Waals surface area contributed by atoms with Crippen molar-refractivity contribution in [2.24, 2.45) is 0 Å². The Kier molecular flexibility index (Phi) is 2.77. The summed E-state index contributed by atoms with van der Waals surface area (Å²) in [5.41, 5.74) is 1.01. The average molecular weight is 268 g/mol. The van der Waals surface area contributed by atoms with Crippen molar-refractivity contribution in [1.82, 2.24) is 5.32 Å². The minimum atomic E-state index is -0.181. The number of nitrogens with one attached hydrogen (secondary N) is 1. The zero-order valence-corrected chi connectivity index (χ0v) is 9.58. The third-order valence-electron chi connectivity index (χ3n) is 2.26. The molecule has 0 radical (unpaired) electrons. The minimum Gasteiger partial charge on any atom is -0.491 e. The second kappa shape index (κ2) is 4.06. The highest BCUT2D eigenvalue weighted by molar-refractivity contribution is 9.10. The molecule has 1 aromatic rings. The molecular weight excluding hydrogens is 258 g/mol. The number of rotatable bonds is 2. The van der Waals surface area contributed by atoms with Gasteiger partial charge in [0.2, 0.25) is 5.91 Å². The molecule has 1 atom stereocenters. The van der Waals surface area contributed by atoms with E-state index in [4.69, 9.17) is 4.74 Å². The maximum atomic E-state index is 11.2. The van der Waals surface area contributed by atoms with Crippen LogP contribution in [0.5, 0.6) is 5.75 Å². The lowest BCUT2D eigenvalue weighted by atomic mass is 10.1. The highest BCUT2D eigenvalue weighted by Gasteiger charge is 2.24. The van der Waals surface area contributed by atoms with Crippen LogP contribution >= 0.6 is 15.9 Å². The number of carbonyl (C=O) groups is 1. The smallest absolute Gasteiger partial charge is 0.243 e. The van der Waals surface area contributed by atoms with Gasteiger partial charge in [0.05, 0.1) is 6.04 Å². The van der Waals surface area contributed by atoms with Crippen LogP contribution in [0.15, 0.2) is 35.3 Å². The third-order valence-corrected chi connectivity index (χ3v) is 2.75. The van der Waals surface area contributed by atoms with Gasteiger partial charge in [-0.25, -0.2) is 0 Å². The van der Waals surface area contributed by atoms with Crippen molar-refractivity contribution in [3.63, 3.8) is 0 Å². The summed E-state index contributed by atoms with van der Waals surface area (Å²) in [4.78, 5) is 11.2. The predicted molar refractivity (Wildman–Crippen MR) is 60.7 cm³/mol. The molecule has 78 valence electrons. The van der Waals surface area contributed by atoms with E-state index in [0.29, 0.717) is 6.61 Å². The van der Waals surface area contributed by atoms with Gasteiger partial charge in [-0.1, -0.05) is 28.6 Å². The summed E-state index contributed by atoms with van der Waals surface area (Å²) in [6.45, 7) is 3.89. The van der Waals surface area contributed by atoms with Crippen LogP contribution in [0.2, 0.25) is 0 Å². The standard InChI is InChI=1S/C11H10BrNO2/c1-2-11(14)13-9-6-15-10-5-7(12)3-4-8(9)10/h2-5,9H,1,6H2,(H,13,14). The zero-order valence-electron chi connectivity index (χ0n) is 8.00. The monoisotopic (exact) mass is 267 g/mol. The molecule has 1 unspecified atom stereocenters. The Hall–Kier alpha value is -1.29. The second-order valence-corrected chi connectivity index (χ2v) is 4.17. The first-order valence-corrected chi connectivity index (χ1v) is 5.35. The number of carbonyl (C=O) groups excluding carboxylic acids is 1. The fraction of sp³-hybridized carbons (Fsp3) is 0.182. The number of halogens is 1. The fourth-order valence-corrected chi connectivity index (χ4v) is 1.87. The molecule has 0 saturated heterocycles. The first kappa shape index (κ1) is 10.2. The Morgan fingerprint density at radius 3 is 3.20 bits per heavy atom. The molecule has 0 saturated carbocycles. The molecule has 0 aromatic heterocycles. The van der Waals surface area contributed by atoms with Gasteiger partial charge >= 0.3 is 0 Å². The molecule has 4 heteroatoms. The molecule has 2 rings (SSSR count). The van der Waals surface area contributed by atoms with Crippen LogP contribution < -0.4 is 10.1 Å². The van der Waals surface area contributed by atoms with Crippen LogP contribution in [0.25, 0.3) is 0 Å². The first-order chi connectivity index (χ1) is 7.20. The molecule has 0 bridgehead atoms. The van der Waals surface area contributed by atoms with Crippen molar-refractivity contribution in [2.45, 2.75) is 6.04 Å². The molecule has 1 aliphatic rings. The summed E-state index contributed by atoms with van der Waals surface area (Å²) in [7, 11) is 0. The largest absolute Gasteiger partial charge is 0.491 e. The van der Waals surface area contributed by atoms with Crippen molar-refractivity contribution in [3.05, 3.63) is 40.9 Å². The van der Waals surface area contributed by atoms with E-state index in [1.165, 1.54) is 6.08 Å². The average Bonchev–Trinajstić information content (AvgIpc) is 2.60. The Morgan fingerprint density at radius 1 is 1.67 bits per heavy atom. The van der Waals surface area contributed by atoms with Crippen LogP contribution in [-0.2, 0) is 4.79 Å². The van der Waals surface area contributed by atoms with E-state index in [2.05, 4.69) is 27.8 Å². The lowest BCUT2D eigenvalue weighted by Gasteiger charge is -2.09. The van der Waals surface area contributed by atoms with Crippen LogP contribution in [0.3, 0.4) is 0 Å². The van der Waals surface area contributed by atoms with Crippen molar-refractivity contribution in [1.29, 1.82) is 0 Å². The summed E-state index contributed by atoms with van der Waals surface area (Å²) in [5.74, 6) is 0.637. The van der Waals surface area contributed by atoms with Gasteiger partial charge in [0.25, 0.3) is 0 Å². The molecule has 15 heavy (non-hydrogen) atoms. The van der Waals surface area contributed by atoms with Gasteiger partial charge in [0.15, 0.2) is 0 Å². The third kappa shape index (κ3) is 2.04. The van der Waals surface area contributed by atoms with Crippen LogP contribution in [0.4, 0.5) is 0 Å². The molecular formula is C11H10BrNO2. The molecule has 1 aromatic carbocycles. The van der Waals surface area contributed by atoms with Crippen LogP contribution in [0.1, 0.15) is 11.6 Å². The fourth-order valence-electron chi connectivity index (χ4n) is 1.53. The Bertz CT molecular complexity index is 417. The number of ether oxygens (including phenoxy) is 1. The molecule has 1 aliphatic heterocycles. The summed E-state index contributed by atoms with van der Waals surface area (Å²) < 4.78 is 6.43. The summed E-state index contributed by atoms with van der Waals surface area (Å²) in [6, 6.07) is 5.70. The first-order valence-electron chi connectivity index (χ1n) is 4.56. The second-order valence-electron chi connectivity index (χ2n) is 3.26. The zero-order chi connectivity index (χ0) is 10.8. The Balaban J connectivity index is 2.21. The number of amides is 1. The van der Waals surface area contributed by atoms with Gasteiger partial charge in [0.1, 0.15) is 12.4 Å². The summed E-state index contributed by atoms with van der Waals surface area (Å²) in [6.07, 6.45) is 1.26. The SMILES string of the molecule is C=CC(=O)NC1COc2cc(Br)ccc21. The number of fused-ring (bicyclic) bond motifs is 1. The van der Waals surface area contributed by atoms with E-state index >= 15 is 0 Å². The molecule has 0 aliphatic carbocycles. The van der Waals surface area contributed by atoms with Gasteiger partial charge in [-0.05, 0) is 18.2 Å². The van der Waals surface area contributed by atoms with Gasteiger partial charge in [0, 0.05) is 10.0 Å². The minimum absolute atomic E-state index is 0.0707. The maximum Gasteiger partial charge on any atom is 0.243 e. The van der Waals surface area contributed by atoms with Crippen LogP contribution in [-0.4, -0.2) is 12.5 Å². The highest BCUT2D eigenvalue weighted by atomic mass is 79.9. The Morgan fingerprint density at radius 2 is 2.47 bits per heavy atom. The van der Waals surface area contributed by atoms with E-state index in [-0.39, 0.29) is 11.9 Å². The predicted octanol–water partition coefficient (Wildman–Crippen LogP) is 2.18. The van der Waals surface area contributed by atoms with Crippen molar-refractivity contribution in [3.8, 4) is 5.75 Å². The maximum absolute atomic E-state index is 11.2. The lowest BCUT2D eigenvalue weighted by Crippen LogP contribution is -2.27. The molecule has 0 fully saturated rings. The molecule has 1 amide bonds. The van der Waals surface area contributed by atoms with E-state index in [0.717, 1.165) is 15.8 Å². The summed E-state index contributed by atoms with van der Waals surface area (Å²) >= 11 is 3.37. The Labute approximate surface area is 96.3 Å². The van der Waals surface area contributed by atoms with Crippen LogP contribution in [0, 0.1) is 0 Å². The number of hydrogen-bond acceptors (Lipinski definition) is 2. The quantitative estimate of drug-likeness (QED) is 0.835. The topological polar surface area (TPSA) is 38.3 Å². The molecule has 1 heterocycles. The summed E-state index contributed by atoms with van der Waals surface area (Å²) in [5, 5.41) is 2.81. The van der Waals surface area contributed by atoms with E-state index in [1.807, 2.05) is 18.2 Å². The van der Waals surface area contributed by atoms with Gasteiger partial charge in [-0.15, -0.1) is 0 Å². The highest BCUT2D eigenvalue weighted by Crippen LogP contribution is 2.34. The number of hydrogen-bond donors (Lipinski definition) is 1. The molecule has 3 nitrogen and oxygen atoms in total. The van der Waals surface area contributed by atoms with E-state index in [9.17, 15) is 4.79 Å². The van der Waals surface area contributed by atoms with Gasteiger partial charge in [-0.3, -0.25) is 4.79 Å². The van der Waals surface area contributed by atoms with E-state index in [1.54, 1.807) is 0 Å². The van der Waals surface area contributed by atoms with Crippen molar-refractivity contribution < 1.29 is 9.53 Å². The van der Waals surface area contributed by atoms with Crippen molar-refractivity contribution in [2.75, 3.05) is 6.61 Å². The van der Waals surface area contributed by atoms with Crippen molar-refractivity contribution >= 4 is 21.8 Å². The lowest BCUT2D eigenvalue weighted by molar-refractivity contribution is -0.117. The van der Waals surface area contributed by atoms with Gasteiger partial charge < -0.3 is 10.1 Å². The normalized spacial score (nSPS) is 17.8. The molecule has 1 N–H and O–H groups in total. The number of benzene rings is 1. The molecule has 0 spiro atoms. The van der Waals surface area contributed by atoms with E-state index < -0.39 is 0 Å².